The minimum absolute atomic E-state index is 0.329. The van der Waals surface area contributed by atoms with Crippen molar-refractivity contribution in [2.24, 2.45) is 11.8 Å². The predicted molar refractivity (Wildman–Crippen MR) is 93.1 cm³/mol. The summed E-state index contributed by atoms with van der Waals surface area (Å²) >= 11 is 0. The highest BCUT2D eigenvalue weighted by Gasteiger charge is 2.31. The van der Waals surface area contributed by atoms with E-state index in [1.165, 1.54) is 31.5 Å². The topological polar surface area (TPSA) is 34.0 Å². The Morgan fingerprint density at radius 1 is 1.22 bits per heavy atom. The third-order valence-electron chi connectivity index (χ3n) is 5.47. The molecule has 1 aromatic carbocycles. The van der Waals surface area contributed by atoms with Crippen molar-refractivity contribution < 1.29 is 0 Å². The summed E-state index contributed by atoms with van der Waals surface area (Å²) in [6, 6.07) is 10.9. The average Bonchev–Trinajstić information content (AvgIpc) is 3.24. The Kier molecular flexibility index (Phi) is 5.11. The van der Waals surface area contributed by atoms with Crippen LogP contribution in [0.25, 0.3) is 0 Å². The molecule has 3 rings (SSSR count). The lowest BCUT2D eigenvalue weighted by molar-refractivity contribution is 0.225. The molecule has 1 aromatic heterocycles. The van der Waals surface area contributed by atoms with Gasteiger partial charge in [-0.3, -0.25) is 4.90 Å². The van der Waals surface area contributed by atoms with Gasteiger partial charge in [-0.15, -0.1) is 10.2 Å². The summed E-state index contributed by atoms with van der Waals surface area (Å²) in [5.41, 5.74) is 1.29. The Morgan fingerprint density at radius 3 is 2.74 bits per heavy atom. The van der Waals surface area contributed by atoms with E-state index in [0.29, 0.717) is 6.04 Å². The van der Waals surface area contributed by atoms with Crippen LogP contribution in [-0.4, -0.2) is 32.8 Å². The summed E-state index contributed by atoms with van der Waals surface area (Å²) < 4.78 is 2.19. The van der Waals surface area contributed by atoms with E-state index < -0.39 is 0 Å². The van der Waals surface area contributed by atoms with E-state index in [2.05, 4.69) is 70.8 Å². The van der Waals surface area contributed by atoms with Crippen LogP contribution in [0.5, 0.6) is 0 Å². The van der Waals surface area contributed by atoms with Gasteiger partial charge in [-0.1, -0.05) is 50.6 Å². The fraction of sp³-hybridized carbons (Fsp3) is 0.579. The first kappa shape index (κ1) is 16.2. The minimum Gasteiger partial charge on any atom is -0.312 e. The fourth-order valence-corrected chi connectivity index (χ4v) is 3.62. The second kappa shape index (κ2) is 7.26. The Morgan fingerprint density at radius 2 is 2.00 bits per heavy atom. The average molecular weight is 312 g/mol. The SMILES string of the molecule is CCC(C)C1CCN(C(C)c2nncn2Cc2ccccc2)C1. The van der Waals surface area contributed by atoms with Gasteiger partial charge in [-0.2, -0.15) is 0 Å². The molecule has 124 valence electrons. The van der Waals surface area contributed by atoms with Crippen molar-refractivity contribution in [1.29, 1.82) is 0 Å². The smallest absolute Gasteiger partial charge is 0.150 e. The van der Waals surface area contributed by atoms with Crippen LogP contribution in [0.3, 0.4) is 0 Å². The molecule has 0 radical (unpaired) electrons. The van der Waals surface area contributed by atoms with Crippen molar-refractivity contribution in [3.8, 4) is 0 Å². The molecule has 1 aliphatic heterocycles. The number of hydrogen-bond acceptors (Lipinski definition) is 3. The first-order valence-corrected chi connectivity index (χ1v) is 8.84. The quantitative estimate of drug-likeness (QED) is 0.814. The molecule has 0 bridgehead atoms. The molecule has 0 spiro atoms. The minimum atomic E-state index is 0.329. The predicted octanol–water partition coefficient (Wildman–Crippen LogP) is 3.76. The molecule has 1 fully saturated rings. The highest BCUT2D eigenvalue weighted by atomic mass is 15.3. The first-order valence-electron chi connectivity index (χ1n) is 8.84. The van der Waals surface area contributed by atoms with Gasteiger partial charge in [0, 0.05) is 6.54 Å². The molecule has 2 heterocycles. The largest absolute Gasteiger partial charge is 0.312 e. The molecule has 3 unspecified atom stereocenters. The van der Waals surface area contributed by atoms with Crippen molar-refractivity contribution >= 4 is 0 Å². The third-order valence-corrected chi connectivity index (χ3v) is 5.47. The molecule has 0 aliphatic carbocycles. The van der Waals surface area contributed by atoms with Crippen LogP contribution in [0.4, 0.5) is 0 Å². The van der Waals surface area contributed by atoms with E-state index in [4.69, 9.17) is 0 Å². The molecule has 3 atom stereocenters. The van der Waals surface area contributed by atoms with E-state index in [9.17, 15) is 0 Å². The summed E-state index contributed by atoms with van der Waals surface area (Å²) in [6.07, 6.45) is 4.45. The third kappa shape index (κ3) is 3.63. The molecule has 4 heteroatoms. The Labute approximate surface area is 139 Å². The van der Waals surface area contributed by atoms with Gasteiger partial charge >= 0.3 is 0 Å². The molecular weight excluding hydrogens is 284 g/mol. The van der Waals surface area contributed by atoms with Gasteiger partial charge in [-0.25, -0.2) is 0 Å². The van der Waals surface area contributed by atoms with Gasteiger partial charge in [0.1, 0.15) is 12.2 Å². The van der Waals surface area contributed by atoms with Crippen LogP contribution in [0.15, 0.2) is 36.7 Å². The summed E-state index contributed by atoms with van der Waals surface area (Å²) in [5, 5.41) is 8.59. The lowest BCUT2D eigenvalue weighted by atomic mass is 9.91. The fourth-order valence-electron chi connectivity index (χ4n) is 3.62. The van der Waals surface area contributed by atoms with Crippen molar-refractivity contribution in [2.75, 3.05) is 13.1 Å². The van der Waals surface area contributed by atoms with E-state index >= 15 is 0 Å². The number of likely N-dealkylation sites (tertiary alicyclic amines) is 1. The van der Waals surface area contributed by atoms with E-state index in [1.807, 2.05) is 6.33 Å². The first-order chi connectivity index (χ1) is 11.2. The lowest BCUT2D eigenvalue weighted by Crippen LogP contribution is -2.28. The Balaban J connectivity index is 1.69. The van der Waals surface area contributed by atoms with Crippen molar-refractivity contribution in [2.45, 2.75) is 46.2 Å². The highest BCUT2D eigenvalue weighted by molar-refractivity contribution is 5.15. The van der Waals surface area contributed by atoms with Gasteiger partial charge in [0.05, 0.1) is 12.6 Å². The van der Waals surface area contributed by atoms with Crippen LogP contribution in [0.2, 0.25) is 0 Å². The number of benzene rings is 1. The molecule has 2 aromatic rings. The van der Waals surface area contributed by atoms with E-state index in [1.54, 1.807) is 0 Å². The zero-order valence-electron chi connectivity index (χ0n) is 14.5. The van der Waals surface area contributed by atoms with Gasteiger partial charge in [0.25, 0.3) is 0 Å². The van der Waals surface area contributed by atoms with Crippen molar-refractivity contribution in [1.82, 2.24) is 19.7 Å². The maximum atomic E-state index is 4.42. The maximum absolute atomic E-state index is 4.42. The molecule has 0 amide bonds. The van der Waals surface area contributed by atoms with Gasteiger partial charge < -0.3 is 4.57 Å². The van der Waals surface area contributed by atoms with E-state index in [-0.39, 0.29) is 0 Å². The summed E-state index contributed by atoms with van der Waals surface area (Å²) in [7, 11) is 0. The standard InChI is InChI=1S/C19H28N4/c1-4-15(2)18-10-11-22(13-18)16(3)19-21-20-14-23(19)12-17-8-6-5-7-9-17/h5-9,14-16,18H,4,10-13H2,1-3H3. The van der Waals surface area contributed by atoms with Crippen molar-refractivity contribution in [3.63, 3.8) is 0 Å². The molecular formula is C19H28N4. The van der Waals surface area contributed by atoms with Crippen molar-refractivity contribution in [3.05, 3.63) is 48.0 Å². The summed E-state index contributed by atoms with van der Waals surface area (Å²) in [6.45, 7) is 10.2. The molecule has 4 nitrogen and oxygen atoms in total. The number of rotatable bonds is 6. The second-order valence-electron chi connectivity index (χ2n) is 6.91. The van der Waals surface area contributed by atoms with Crippen LogP contribution in [0.1, 0.15) is 51.0 Å². The summed E-state index contributed by atoms with van der Waals surface area (Å²) in [4.78, 5) is 2.57. The zero-order chi connectivity index (χ0) is 16.2. The maximum Gasteiger partial charge on any atom is 0.150 e. The normalized spacial score (nSPS) is 21.4. The lowest BCUT2D eigenvalue weighted by Gasteiger charge is -2.25. The molecule has 0 N–H and O–H groups in total. The van der Waals surface area contributed by atoms with E-state index in [0.717, 1.165) is 24.2 Å². The van der Waals surface area contributed by atoms with Crippen LogP contribution < -0.4 is 0 Å². The van der Waals surface area contributed by atoms with Gasteiger partial charge in [-0.05, 0) is 37.3 Å². The molecule has 0 saturated carbocycles. The van der Waals surface area contributed by atoms with Crippen LogP contribution >= 0.6 is 0 Å². The number of aromatic nitrogens is 3. The van der Waals surface area contributed by atoms with Gasteiger partial charge in [0.15, 0.2) is 0 Å². The highest BCUT2D eigenvalue weighted by Crippen LogP contribution is 2.31. The Bertz CT molecular complexity index is 607. The molecule has 1 saturated heterocycles. The summed E-state index contributed by atoms with van der Waals surface area (Å²) in [5.74, 6) is 2.72. The number of hydrogen-bond donors (Lipinski definition) is 0. The van der Waals surface area contributed by atoms with Crippen LogP contribution in [-0.2, 0) is 6.54 Å². The Hall–Kier alpha value is -1.68. The second-order valence-corrected chi connectivity index (χ2v) is 6.91. The van der Waals surface area contributed by atoms with Gasteiger partial charge in [0.2, 0.25) is 0 Å². The molecule has 1 aliphatic rings. The molecule has 23 heavy (non-hydrogen) atoms. The number of nitrogens with zero attached hydrogens (tertiary/aromatic N) is 4. The zero-order valence-corrected chi connectivity index (χ0v) is 14.5. The monoisotopic (exact) mass is 312 g/mol. The van der Waals surface area contributed by atoms with Crippen LogP contribution in [0, 0.1) is 11.8 Å².